The highest BCUT2D eigenvalue weighted by molar-refractivity contribution is 5.60. The van der Waals surface area contributed by atoms with Crippen LogP contribution in [0, 0.1) is 6.92 Å². The zero-order chi connectivity index (χ0) is 13.8. The van der Waals surface area contributed by atoms with E-state index in [1.165, 1.54) is 17.5 Å². The number of aryl methyl sites for hydroxylation is 1. The van der Waals surface area contributed by atoms with Crippen LogP contribution in [-0.2, 0) is 6.54 Å². The smallest absolute Gasteiger partial charge is 0.138 e. The summed E-state index contributed by atoms with van der Waals surface area (Å²) in [5.41, 5.74) is 4.57. The number of rotatable bonds is 4. The molecule has 20 heavy (non-hydrogen) atoms. The maximum Gasteiger partial charge on any atom is 0.138 e. The number of aromatic nitrogens is 3. The number of hydrogen-bond donors (Lipinski definition) is 1. The van der Waals surface area contributed by atoms with Gasteiger partial charge in [0.25, 0.3) is 0 Å². The summed E-state index contributed by atoms with van der Waals surface area (Å²) in [7, 11) is 0. The molecule has 0 saturated heterocycles. The average molecular weight is 264 g/mol. The van der Waals surface area contributed by atoms with Gasteiger partial charge in [-0.3, -0.25) is 0 Å². The Hall–Kier alpha value is -2.62. The molecule has 4 nitrogen and oxygen atoms in total. The van der Waals surface area contributed by atoms with Crippen molar-refractivity contribution in [3.63, 3.8) is 0 Å². The van der Waals surface area contributed by atoms with Gasteiger partial charge in [-0.15, -0.1) is 0 Å². The van der Waals surface area contributed by atoms with Gasteiger partial charge in [-0.05, 0) is 24.6 Å². The second kappa shape index (κ2) is 5.57. The van der Waals surface area contributed by atoms with Gasteiger partial charge in [-0.2, -0.15) is 5.10 Å². The van der Waals surface area contributed by atoms with E-state index in [-0.39, 0.29) is 0 Å². The first-order valence-electron chi connectivity index (χ1n) is 6.56. The van der Waals surface area contributed by atoms with E-state index in [0.717, 1.165) is 17.9 Å². The summed E-state index contributed by atoms with van der Waals surface area (Å²) >= 11 is 0. The van der Waals surface area contributed by atoms with Crippen molar-refractivity contribution < 1.29 is 0 Å². The van der Waals surface area contributed by atoms with Crippen molar-refractivity contribution in [2.45, 2.75) is 13.5 Å². The molecule has 4 heteroatoms. The van der Waals surface area contributed by atoms with Crippen LogP contribution in [0.3, 0.4) is 0 Å². The highest BCUT2D eigenvalue weighted by atomic mass is 15.3. The predicted octanol–water partition coefficient (Wildman–Crippen LogP) is 3.19. The van der Waals surface area contributed by atoms with Gasteiger partial charge in [0.2, 0.25) is 0 Å². The number of nitrogens with zero attached hydrogens (tertiary/aromatic N) is 3. The Morgan fingerprint density at radius 3 is 2.80 bits per heavy atom. The van der Waals surface area contributed by atoms with Crippen LogP contribution in [0.15, 0.2) is 61.2 Å². The van der Waals surface area contributed by atoms with E-state index in [1.807, 2.05) is 24.3 Å². The molecule has 0 atom stereocenters. The second-order valence-corrected chi connectivity index (χ2v) is 4.70. The molecule has 0 aliphatic carbocycles. The van der Waals surface area contributed by atoms with Gasteiger partial charge in [-0.1, -0.05) is 42.0 Å². The maximum absolute atomic E-state index is 4.18. The van der Waals surface area contributed by atoms with Crippen molar-refractivity contribution in [2.24, 2.45) is 0 Å². The quantitative estimate of drug-likeness (QED) is 0.787. The van der Waals surface area contributed by atoms with Crippen molar-refractivity contribution in [3.05, 3.63) is 72.3 Å². The molecule has 0 aliphatic heterocycles. The fraction of sp³-hybridized carbons (Fsp3) is 0.125. The van der Waals surface area contributed by atoms with E-state index in [0.29, 0.717) is 0 Å². The number of para-hydroxylation sites is 2. The SMILES string of the molecule is Cc1cccc(CNc2ccccc2-n2cncn2)c1. The van der Waals surface area contributed by atoms with Crippen LogP contribution in [0.25, 0.3) is 5.69 Å². The van der Waals surface area contributed by atoms with Gasteiger partial charge in [0.15, 0.2) is 0 Å². The van der Waals surface area contributed by atoms with Crippen LogP contribution in [0.1, 0.15) is 11.1 Å². The molecule has 3 aromatic rings. The fourth-order valence-electron chi connectivity index (χ4n) is 2.17. The number of anilines is 1. The van der Waals surface area contributed by atoms with Crippen molar-refractivity contribution in [1.29, 1.82) is 0 Å². The van der Waals surface area contributed by atoms with Gasteiger partial charge >= 0.3 is 0 Å². The zero-order valence-corrected chi connectivity index (χ0v) is 11.3. The fourth-order valence-corrected chi connectivity index (χ4v) is 2.17. The summed E-state index contributed by atoms with van der Waals surface area (Å²) in [6.07, 6.45) is 3.24. The summed E-state index contributed by atoms with van der Waals surface area (Å²) < 4.78 is 1.76. The Morgan fingerprint density at radius 1 is 1.10 bits per heavy atom. The molecule has 0 saturated carbocycles. The Balaban J connectivity index is 1.81. The van der Waals surface area contributed by atoms with E-state index < -0.39 is 0 Å². The van der Waals surface area contributed by atoms with Gasteiger partial charge in [-0.25, -0.2) is 9.67 Å². The maximum atomic E-state index is 4.18. The van der Waals surface area contributed by atoms with Crippen molar-refractivity contribution in [1.82, 2.24) is 14.8 Å². The summed E-state index contributed by atoms with van der Waals surface area (Å²) in [5, 5.41) is 7.64. The van der Waals surface area contributed by atoms with Gasteiger partial charge in [0, 0.05) is 6.54 Å². The molecule has 1 aromatic heterocycles. The lowest BCUT2D eigenvalue weighted by molar-refractivity contribution is 0.878. The lowest BCUT2D eigenvalue weighted by Gasteiger charge is -2.12. The third-order valence-electron chi connectivity index (χ3n) is 3.14. The van der Waals surface area contributed by atoms with Crippen molar-refractivity contribution in [2.75, 3.05) is 5.32 Å². The Bertz CT molecular complexity index is 689. The topological polar surface area (TPSA) is 42.7 Å². The number of hydrogen-bond acceptors (Lipinski definition) is 3. The highest BCUT2D eigenvalue weighted by Crippen LogP contribution is 2.19. The molecule has 0 spiro atoms. The molecule has 0 fully saturated rings. The minimum absolute atomic E-state index is 0.785. The molecule has 3 rings (SSSR count). The lowest BCUT2D eigenvalue weighted by atomic mass is 10.1. The van der Waals surface area contributed by atoms with Crippen LogP contribution < -0.4 is 5.32 Å². The molecule has 0 unspecified atom stereocenters. The molecular formula is C16H16N4. The van der Waals surface area contributed by atoms with Crippen molar-refractivity contribution in [3.8, 4) is 5.69 Å². The molecule has 0 bridgehead atoms. The van der Waals surface area contributed by atoms with Crippen LogP contribution in [-0.4, -0.2) is 14.8 Å². The van der Waals surface area contributed by atoms with E-state index in [1.54, 1.807) is 11.0 Å². The normalized spacial score (nSPS) is 10.4. The Labute approximate surface area is 118 Å². The van der Waals surface area contributed by atoms with Crippen molar-refractivity contribution >= 4 is 5.69 Å². The third-order valence-corrected chi connectivity index (χ3v) is 3.14. The molecule has 1 N–H and O–H groups in total. The molecule has 2 aromatic carbocycles. The Kier molecular flexibility index (Phi) is 3.46. The van der Waals surface area contributed by atoms with E-state index in [9.17, 15) is 0 Å². The summed E-state index contributed by atoms with van der Waals surface area (Å²) in [5.74, 6) is 0. The molecule has 0 aliphatic rings. The molecule has 100 valence electrons. The Morgan fingerprint density at radius 2 is 2.00 bits per heavy atom. The first-order chi connectivity index (χ1) is 9.83. The zero-order valence-electron chi connectivity index (χ0n) is 11.3. The monoisotopic (exact) mass is 264 g/mol. The van der Waals surface area contributed by atoms with E-state index >= 15 is 0 Å². The van der Waals surface area contributed by atoms with Gasteiger partial charge in [0.05, 0.1) is 11.4 Å². The lowest BCUT2D eigenvalue weighted by Crippen LogP contribution is -2.04. The summed E-state index contributed by atoms with van der Waals surface area (Å²) in [6.45, 7) is 2.89. The third kappa shape index (κ3) is 2.69. The molecule has 0 radical (unpaired) electrons. The van der Waals surface area contributed by atoms with Gasteiger partial charge in [0.1, 0.15) is 12.7 Å². The molecular weight excluding hydrogens is 248 g/mol. The summed E-state index contributed by atoms with van der Waals surface area (Å²) in [4.78, 5) is 3.99. The minimum Gasteiger partial charge on any atom is -0.379 e. The number of nitrogens with one attached hydrogen (secondary N) is 1. The molecule has 0 amide bonds. The van der Waals surface area contributed by atoms with Crippen LogP contribution >= 0.6 is 0 Å². The largest absolute Gasteiger partial charge is 0.379 e. The second-order valence-electron chi connectivity index (χ2n) is 4.70. The van der Waals surface area contributed by atoms with E-state index in [4.69, 9.17) is 0 Å². The predicted molar refractivity (Wildman–Crippen MR) is 79.9 cm³/mol. The molecule has 1 heterocycles. The van der Waals surface area contributed by atoms with Crippen LogP contribution in [0.4, 0.5) is 5.69 Å². The first kappa shape index (κ1) is 12.4. The first-order valence-corrected chi connectivity index (χ1v) is 6.56. The minimum atomic E-state index is 0.785. The summed E-state index contributed by atoms with van der Waals surface area (Å²) in [6, 6.07) is 16.6. The van der Waals surface area contributed by atoms with E-state index in [2.05, 4.69) is 46.6 Å². The van der Waals surface area contributed by atoms with Gasteiger partial charge < -0.3 is 5.32 Å². The van der Waals surface area contributed by atoms with Crippen LogP contribution in [0.2, 0.25) is 0 Å². The van der Waals surface area contributed by atoms with Crippen LogP contribution in [0.5, 0.6) is 0 Å². The average Bonchev–Trinajstić information content (AvgIpc) is 3.00. The standard InChI is InChI=1S/C16H16N4/c1-13-5-4-6-14(9-13)10-18-15-7-2-3-8-16(15)20-12-17-11-19-20/h2-9,11-12,18H,10H2,1H3. The highest BCUT2D eigenvalue weighted by Gasteiger charge is 2.04. The number of benzene rings is 2.